The van der Waals surface area contributed by atoms with Gasteiger partial charge in [-0.1, -0.05) is 0 Å². The Balaban J connectivity index is 2.66. The summed E-state index contributed by atoms with van der Waals surface area (Å²) in [5, 5.41) is 10.3. The third kappa shape index (κ3) is 1.31. The lowest BCUT2D eigenvalue weighted by molar-refractivity contribution is 0.194. The van der Waals surface area contributed by atoms with Crippen molar-refractivity contribution in [1.29, 1.82) is 0 Å². The highest BCUT2D eigenvalue weighted by molar-refractivity contribution is 5.80. The van der Waals surface area contributed by atoms with Crippen LogP contribution in [0.25, 0.3) is 11.0 Å². The summed E-state index contributed by atoms with van der Waals surface area (Å²) in [6, 6.07) is 1.86. The predicted octanol–water partition coefficient (Wildman–Crippen LogP) is 2.19. The molecule has 0 saturated carbocycles. The van der Waals surface area contributed by atoms with E-state index in [1.54, 1.807) is 19.4 Å². The van der Waals surface area contributed by atoms with Gasteiger partial charge in [0, 0.05) is 5.39 Å². The van der Waals surface area contributed by atoms with Crippen LogP contribution in [0.1, 0.15) is 24.3 Å². The number of aromatic nitrogens is 1. The average molecular weight is 177 g/mol. The molecule has 0 spiro atoms. The van der Waals surface area contributed by atoms with Gasteiger partial charge in [0.05, 0.1) is 24.3 Å². The Morgan fingerprint density at radius 3 is 3.00 bits per heavy atom. The highest BCUT2D eigenvalue weighted by atomic mass is 16.3. The largest absolute Gasteiger partial charge is 0.462 e. The second-order valence-corrected chi connectivity index (χ2v) is 3.20. The summed E-state index contributed by atoms with van der Waals surface area (Å²) in [4.78, 5) is 4.08. The molecule has 0 saturated heterocycles. The molecule has 13 heavy (non-hydrogen) atoms. The van der Waals surface area contributed by atoms with Gasteiger partial charge in [0.15, 0.2) is 5.58 Å². The van der Waals surface area contributed by atoms with Crippen LogP contribution in [-0.4, -0.2) is 10.1 Å². The van der Waals surface area contributed by atoms with E-state index < -0.39 is 6.10 Å². The van der Waals surface area contributed by atoms with Gasteiger partial charge in [-0.2, -0.15) is 0 Å². The van der Waals surface area contributed by atoms with Crippen LogP contribution in [0, 0.1) is 6.92 Å². The molecule has 0 aliphatic carbocycles. The smallest absolute Gasteiger partial charge is 0.152 e. The van der Waals surface area contributed by atoms with E-state index in [2.05, 4.69) is 4.98 Å². The number of fused-ring (bicyclic) bond motifs is 1. The molecule has 1 N–H and O–H groups in total. The van der Waals surface area contributed by atoms with E-state index in [0.29, 0.717) is 5.69 Å². The molecular weight excluding hydrogens is 166 g/mol. The normalized spacial score (nSPS) is 13.5. The van der Waals surface area contributed by atoms with Crippen LogP contribution in [0.5, 0.6) is 0 Å². The summed E-state index contributed by atoms with van der Waals surface area (Å²) in [6.07, 6.45) is 2.81. The van der Waals surface area contributed by atoms with Crippen LogP contribution in [0.2, 0.25) is 0 Å². The van der Waals surface area contributed by atoms with E-state index >= 15 is 0 Å². The predicted molar refractivity (Wildman–Crippen MR) is 49.4 cm³/mol. The molecule has 0 aliphatic rings. The molecule has 3 heteroatoms. The monoisotopic (exact) mass is 177 g/mol. The molecule has 2 aromatic heterocycles. The van der Waals surface area contributed by atoms with Crippen LogP contribution in [-0.2, 0) is 0 Å². The maximum absolute atomic E-state index is 9.32. The van der Waals surface area contributed by atoms with Gasteiger partial charge in [-0.05, 0) is 25.5 Å². The number of hydrogen-bond donors (Lipinski definition) is 1. The highest BCUT2D eigenvalue weighted by Gasteiger charge is 2.07. The molecule has 0 amide bonds. The standard InChI is InChI=1S/C10H11NO2/c1-6-5-13-10-4-11-9(7(2)12)3-8(6)10/h3-5,7,12H,1-2H3/t7-/m0/s1. The average Bonchev–Trinajstić information content (AvgIpc) is 2.47. The molecule has 0 radical (unpaired) electrons. The molecule has 0 aliphatic heterocycles. The minimum Gasteiger partial charge on any atom is -0.462 e. The number of aryl methyl sites for hydroxylation is 1. The zero-order valence-electron chi connectivity index (χ0n) is 7.61. The van der Waals surface area contributed by atoms with Crippen LogP contribution < -0.4 is 0 Å². The molecule has 1 atom stereocenters. The van der Waals surface area contributed by atoms with Crippen LogP contribution in [0.4, 0.5) is 0 Å². The number of hydrogen-bond acceptors (Lipinski definition) is 3. The summed E-state index contributed by atoms with van der Waals surface area (Å²) >= 11 is 0. The lowest BCUT2D eigenvalue weighted by Gasteiger charge is -2.02. The summed E-state index contributed by atoms with van der Waals surface area (Å²) in [7, 11) is 0. The maximum Gasteiger partial charge on any atom is 0.152 e. The molecule has 68 valence electrons. The molecule has 0 bridgehead atoms. The number of aliphatic hydroxyl groups is 1. The minimum absolute atomic E-state index is 0.529. The van der Waals surface area contributed by atoms with E-state index in [0.717, 1.165) is 16.5 Å². The zero-order valence-corrected chi connectivity index (χ0v) is 7.61. The Bertz CT molecular complexity index is 431. The number of rotatable bonds is 1. The van der Waals surface area contributed by atoms with Gasteiger partial charge in [-0.25, -0.2) is 0 Å². The van der Waals surface area contributed by atoms with Crippen molar-refractivity contribution >= 4 is 11.0 Å². The lowest BCUT2D eigenvalue weighted by atomic mass is 10.1. The van der Waals surface area contributed by atoms with E-state index in [9.17, 15) is 5.11 Å². The minimum atomic E-state index is -0.529. The zero-order chi connectivity index (χ0) is 9.42. The van der Waals surface area contributed by atoms with Crippen molar-refractivity contribution in [3.8, 4) is 0 Å². The fourth-order valence-electron chi connectivity index (χ4n) is 1.30. The Kier molecular flexibility index (Phi) is 1.81. The van der Waals surface area contributed by atoms with Crippen molar-refractivity contribution in [2.45, 2.75) is 20.0 Å². The first-order valence-corrected chi connectivity index (χ1v) is 4.20. The molecule has 2 heterocycles. The second-order valence-electron chi connectivity index (χ2n) is 3.20. The first-order chi connectivity index (χ1) is 6.18. The first-order valence-electron chi connectivity index (χ1n) is 4.20. The fraction of sp³-hybridized carbons (Fsp3) is 0.300. The second kappa shape index (κ2) is 2.85. The van der Waals surface area contributed by atoms with Crippen molar-refractivity contribution in [3.05, 3.63) is 29.8 Å². The van der Waals surface area contributed by atoms with Gasteiger partial charge in [0.2, 0.25) is 0 Å². The van der Waals surface area contributed by atoms with Gasteiger partial charge in [-0.3, -0.25) is 4.98 Å². The molecule has 0 aromatic carbocycles. The Hall–Kier alpha value is -1.35. The topological polar surface area (TPSA) is 46.3 Å². The van der Waals surface area contributed by atoms with Crippen molar-refractivity contribution in [1.82, 2.24) is 4.98 Å². The van der Waals surface area contributed by atoms with Gasteiger partial charge >= 0.3 is 0 Å². The number of aliphatic hydroxyl groups excluding tert-OH is 1. The summed E-state index contributed by atoms with van der Waals surface area (Å²) in [5.74, 6) is 0. The lowest BCUT2D eigenvalue weighted by Crippen LogP contribution is -1.93. The third-order valence-electron chi connectivity index (χ3n) is 2.10. The summed E-state index contributed by atoms with van der Waals surface area (Å²) in [5.41, 5.74) is 2.51. The molecule has 2 aromatic rings. The van der Waals surface area contributed by atoms with E-state index in [1.165, 1.54) is 0 Å². The van der Waals surface area contributed by atoms with Gasteiger partial charge in [0.1, 0.15) is 0 Å². The van der Waals surface area contributed by atoms with Gasteiger partial charge in [-0.15, -0.1) is 0 Å². The summed E-state index contributed by atoms with van der Waals surface area (Å²) < 4.78 is 5.24. The quantitative estimate of drug-likeness (QED) is 0.726. The van der Waals surface area contributed by atoms with Gasteiger partial charge in [0.25, 0.3) is 0 Å². The van der Waals surface area contributed by atoms with Crippen molar-refractivity contribution in [2.75, 3.05) is 0 Å². The number of furan rings is 1. The molecule has 3 nitrogen and oxygen atoms in total. The van der Waals surface area contributed by atoms with Crippen LogP contribution in [0.3, 0.4) is 0 Å². The van der Waals surface area contributed by atoms with Crippen LogP contribution >= 0.6 is 0 Å². The fourth-order valence-corrected chi connectivity index (χ4v) is 1.30. The van der Waals surface area contributed by atoms with Crippen LogP contribution in [0.15, 0.2) is 22.9 Å². The maximum atomic E-state index is 9.32. The van der Waals surface area contributed by atoms with E-state index in [4.69, 9.17) is 4.42 Å². The Morgan fingerprint density at radius 2 is 2.31 bits per heavy atom. The third-order valence-corrected chi connectivity index (χ3v) is 2.10. The summed E-state index contributed by atoms with van der Waals surface area (Å²) in [6.45, 7) is 3.67. The molecule has 2 rings (SSSR count). The van der Waals surface area contributed by atoms with Gasteiger partial charge < -0.3 is 9.52 Å². The van der Waals surface area contributed by atoms with E-state index in [-0.39, 0.29) is 0 Å². The highest BCUT2D eigenvalue weighted by Crippen LogP contribution is 2.22. The molecular formula is C10H11NO2. The van der Waals surface area contributed by atoms with Crippen molar-refractivity contribution in [3.63, 3.8) is 0 Å². The first kappa shape index (κ1) is 8.26. The van der Waals surface area contributed by atoms with E-state index in [1.807, 2.05) is 13.0 Å². The molecule has 0 fully saturated rings. The number of nitrogens with zero attached hydrogens (tertiary/aromatic N) is 1. The van der Waals surface area contributed by atoms with Crippen molar-refractivity contribution in [2.24, 2.45) is 0 Å². The Morgan fingerprint density at radius 1 is 1.54 bits per heavy atom. The van der Waals surface area contributed by atoms with Crippen molar-refractivity contribution < 1.29 is 9.52 Å². The number of pyridine rings is 1. The Labute approximate surface area is 76.0 Å². The SMILES string of the molecule is Cc1coc2cnc([C@H](C)O)cc12. The molecule has 0 unspecified atom stereocenters.